The Labute approximate surface area is 114 Å². The van der Waals surface area contributed by atoms with Crippen LogP contribution in [0.15, 0.2) is 42.5 Å². The van der Waals surface area contributed by atoms with Gasteiger partial charge in [-0.3, -0.25) is 0 Å². The molecule has 0 radical (unpaired) electrons. The molecule has 0 aromatic heterocycles. The third-order valence-electron chi connectivity index (χ3n) is 2.17. The van der Waals surface area contributed by atoms with Gasteiger partial charge in [-0.05, 0) is 30.3 Å². The van der Waals surface area contributed by atoms with Gasteiger partial charge in [0.15, 0.2) is 0 Å². The van der Waals surface area contributed by atoms with Crippen molar-refractivity contribution >= 4 is 29.2 Å². The zero-order valence-corrected chi connectivity index (χ0v) is 10.6. The minimum absolute atomic E-state index is 0.0774. The molecule has 0 aliphatic heterocycles. The summed E-state index contributed by atoms with van der Waals surface area (Å²) in [5, 5.41) is 10.2. The Morgan fingerprint density at radius 1 is 1.06 bits per heavy atom. The van der Waals surface area contributed by atoms with Crippen molar-refractivity contribution in [2.24, 2.45) is 0 Å². The van der Waals surface area contributed by atoms with Gasteiger partial charge in [0.25, 0.3) is 0 Å². The van der Waals surface area contributed by atoms with Crippen LogP contribution in [0.3, 0.4) is 0 Å². The largest absolute Gasteiger partial charge is 0.507 e. The van der Waals surface area contributed by atoms with Crippen LogP contribution in [0.2, 0.25) is 10.0 Å². The fraction of sp³-hybridized carbons (Fsp3) is 0. The molecule has 0 heterocycles. The number of rotatable bonds is 2. The summed E-state index contributed by atoms with van der Waals surface area (Å²) >= 11 is 11.6. The smallest absolute Gasteiger partial charge is 0.347 e. The predicted molar refractivity (Wildman–Crippen MR) is 69.5 cm³/mol. The van der Waals surface area contributed by atoms with Crippen molar-refractivity contribution in [3.05, 3.63) is 58.1 Å². The van der Waals surface area contributed by atoms with Crippen LogP contribution in [0.25, 0.3) is 0 Å². The molecular weight excluding hydrogens is 275 g/mol. The van der Waals surface area contributed by atoms with E-state index in [1.165, 1.54) is 30.3 Å². The molecular formula is C13H8Cl2O3. The molecule has 0 unspecified atom stereocenters. The lowest BCUT2D eigenvalue weighted by Gasteiger charge is -2.06. The van der Waals surface area contributed by atoms with Gasteiger partial charge >= 0.3 is 5.97 Å². The Balaban J connectivity index is 2.24. The summed E-state index contributed by atoms with van der Waals surface area (Å²) in [5.41, 5.74) is 0.0774. The van der Waals surface area contributed by atoms with E-state index in [4.69, 9.17) is 27.9 Å². The molecule has 0 atom stereocenters. The van der Waals surface area contributed by atoms with E-state index in [-0.39, 0.29) is 17.1 Å². The predicted octanol–water partition coefficient (Wildman–Crippen LogP) is 3.92. The third kappa shape index (κ3) is 2.94. The molecule has 2 aromatic carbocycles. The van der Waals surface area contributed by atoms with Crippen molar-refractivity contribution in [3.8, 4) is 11.5 Å². The molecule has 3 nitrogen and oxygen atoms in total. The van der Waals surface area contributed by atoms with Crippen molar-refractivity contribution < 1.29 is 14.6 Å². The number of aromatic hydroxyl groups is 1. The quantitative estimate of drug-likeness (QED) is 0.671. The number of carbonyl (C=O) groups is 1. The van der Waals surface area contributed by atoms with E-state index in [9.17, 15) is 9.90 Å². The Hall–Kier alpha value is -1.71. The monoisotopic (exact) mass is 282 g/mol. The molecule has 2 aromatic rings. The zero-order chi connectivity index (χ0) is 13.1. The fourth-order valence-corrected chi connectivity index (χ4v) is 1.90. The second kappa shape index (κ2) is 5.29. The van der Waals surface area contributed by atoms with E-state index in [1.54, 1.807) is 12.1 Å². The van der Waals surface area contributed by atoms with E-state index in [0.717, 1.165) is 0 Å². The lowest BCUT2D eigenvalue weighted by atomic mass is 10.2. The van der Waals surface area contributed by atoms with Crippen LogP contribution < -0.4 is 4.74 Å². The van der Waals surface area contributed by atoms with Crippen molar-refractivity contribution in [2.45, 2.75) is 0 Å². The highest BCUT2D eigenvalue weighted by Crippen LogP contribution is 2.26. The number of para-hydroxylation sites is 1. The molecule has 0 amide bonds. The van der Waals surface area contributed by atoms with Gasteiger partial charge < -0.3 is 9.84 Å². The average molecular weight is 283 g/mol. The summed E-state index contributed by atoms with van der Waals surface area (Å²) in [5.74, 6) is -0.595. The average Bonchev–Trinajstić information content (AvgIpc) is 2.27. The van der Waals surface area contributed by atoms with Crippen LogP contribution >= 0.6 is 23.2 Å². The molecule has 0 saturated heterocycles. The third-order valence-corrected chi connectivity index (χ3v) is 2.61. The van der Waals surface area contributed by atoms with Gasteiger partial charge in [-0.1, -0.05) is 35.3 Å². The molecule has 0 fully saturated rings. The Morgan fingerprint density at radius 3 is 2.28 bits per heavy atom. The van der Waals surface area contributed by atoms with Crippen molar-refractivity contribution in [1.82, 2.24) is 0 Å². The number of phenolic OH excluding ortho intramolecular Hbond substituents is 1. The zero-order valence-electron chi connectivity index (χ0n) is 9.06. The normalized spacial score (nSPS) is 10.1. The second-order valence-corrected chi connectivity index (χ2v) is 4.38. The summed E-state index contributed by atoms with van der Waals surface area (Å²) in [6, 6.07) is 10.6. The van der Waals surface area contributed by atoms with E-state index in [0.29, 0.717) is 10.0 Å². The van der Waals surface area contributed by atoms with Gasteiger partial charge in [0, 0.05) is 10.0 Å². The maximum absolute atomic E-state index is 11.8. The summed E-state index contributed by atoms with van der Waals surface area (Å²) in [6.07, 6.45) is 0. The van der Waals surface area contributed by atoms with Crippen LogP contribution in [0, 0.1) is 0 Å². The molecule has 0 spiro atoms. The second-order valence-electron chi connectivity index (χ2n) is 3.51. The molecule has 0 aliphatic rings. The first kappa shape index (κ1) is 12.7. The molecule has 0 aliphatic carbocycles. The number of carbonyl (C=O) groups excluding carboxylic acids is 1. The lowest BCUT2D eigenvalue weighted by molar-refractivity contribution is 0.0732. The van der Waals surface area contributed by atoms with E-state index in [1.807, 2.05) is 0 Å². The number of halogens is 2. The topological polar surface area (TPSA) is 46.5 Å². The first-order chi connectivity index (χ1) is 8.56. The van der Waals surface area contributed by atoms with Gasteiger partial charge in [0.1, 0.15) is 17.1 Å². The molecule has 92 valence electrons. The summed E-state index contributed by atoms with van der Waals surface area (Å²) in [4.78, 5) is 11.8. The summed E-state index contributed by atoms with van der Waals surface area (Å²) in [6.45, 7) is 0. The highest BCUT2D eigenvalue weighted by molar-refractivity contribution is 6.34. The number of phenols is 1. The molecule has 18 heavy (non-hydrogen) atoms. The minimum Gasteiger partial charge on any atom is -0.507 e. The van der Waals surface area contributed by atoms with E-state index >= 15 is 0 Å². The van der Waals surface area contributed by atoms with Crippen LogP contribution in [0.5, 0.6) is 11.5 Å². The Kier molecular flexibility index (Phi) is 3.75. The number of esters is 1. The number of hydrogen-bond donors (Lipinski definition) is 1. The maximum Gasteiger partial charge on any atom is 0.347 e. The highest BCUT2D eigenvalue weighted by Gasteiger charge is 2.13. The Morgan fingerprint density at radius 2 is 1.67 bits per heavy atom. The first-order valence-electron chi connectivity index (χ1n) is 5.02. The van der Waals surface area contributed by atoms with Crippen molar-refractivity contribution in [1.29, 1.82) is 0 Å². The maximum atomic E-state index is 11.8. The number of benzene rings is 2. The number of ether oxygens (including phenoxy) is 1. The minimum atomic E-state index is -0.675. The molecule has 0 saturated carbocycles. The van der Waals surface area contributed by atoms with Crippen LogP contribution in [-0.2, 0) is 0 Å². The van der Waals surface area contributed by atoms with Gasteiger partial charge in [-0.25, -0.2) is 4.79 Å². The fourth-order valence-electron chi connectivity index (χ4n) is 1.40. The van der Waals surface area contributed by atoms with Crippen molar-refractivity contribution in [2.75, 3.05) is 0 Å². The molecule has 0 bridgehead atoms. The Bertz CT molecular complexity index is 576. The van der Waals surface area contributed by atoms with Gasteiger partial charge in [0.05, 0.1) is 0 Å². The van der Waals surface area contributed by atoms with Gasteiger partial charge in [0.2, 0.25) is 0 Å². The van der Waals surface area contributed by atoms with Crippen LogP contribution in [-0.4, -0.2) is 11.1 Å². The van der Waals surface area contributed by atoms with Gasteiger partial charge in [-0.2, -0.15) is 0 Å². The van der Waals surface area contributed by atoms with E-state index in [2.05, 4.69) is 0 Å². The van der Waals surface area contributed by atoms with Crippen LogP contribution in [0.1, 0.15) is 10.4 Å². The van der Waals surface area contributed by atoms with Gasteiger partial charge in [-0.15, -0.1) is 0 Å². The summed E-state index contributed by atoms with van der Waals surface area (Å²) in [7, 11) is 0. The number of hydrogen-bond acceptors (Lipinski definition) is 3. The van der Waals surface area contributed by atoms with Crippen LogP contribution in [0.4, 0.5) is 0 Å². The molecule has 1 N–H and O–H groups in total. The lowest BCUT2D eigenvalue weighted by Crippen LogP contribution is -2.08. The first-order valence-corrected chi connectivity index (χ1v) is 5.78. The summed E-state index contributed by atoms with van der Waals surface area (Å²) < 4.78 is 5.08. The molecule has 2 rings (SSSR count). The highest BCUT2D eigenvalue weighted by atomic mass is 35.5. The molecule has 5 heteroatoms. The van der Waals surface area contributed by atoms with E-state index < -0.39 is 5.97 Å². The SMILES string of the molecule is O=C(Oc1cc(Cl)cc(Cl)c1)c1ccccc1O. The van der Waals surface area contributed by atoms with Crippen molar-refractivity contribution in [3.63, 3.8) is 0 Å². The standard InChI is InChI=1S/C13H8Cl2O3/c14-8-5-9(15)7-10(6-8)18-13(17)11-3-1-2-4-12(11)16/h1-7,16H.